The van der Waals surface area contributed by atoms with Crippen molar-refractivity contribution in [1.82, 2.24) is 10.3 Å². The molecule has 3 heteroatoms. The minimum atomic E-state index is 0.438. The maximum atomic E-state index is 4.33. The first-order valence-corrected chi connectivity index (χ1v) is 5.81. The molecule has 0 amide bonds. The second-order valence-electron chi connectivity index (χ2n) is 3.73. The Morgan fingerprint density at radius 3 is 2.93 bits per heavy atom. The molecule has 0 radical (unpaired) electrons. The monoisotopic (exact) mass is 220 g/mol. The molecule has 15 heavy (non-hydrogen) atoms. The van der Waals surface area contributed by atoms with Crippen LogP contribution in [0.4, 0.5) is 0 Å². The van der Waals surface area contributed by atoms with Gasteiger partial charge in [-0.1, -0.05) is 18.2 Å². The van der Waals surface area contributed by atoms with Crippen LogP contribution in [-0.2, 0) is 6.42 Å². The molecule has 0 saturated heterocycles. The lowest BCUT2D eigenvalue weighted by Gasteiger charge is -2.12. The molecule has 80 valence electrons. The Hall–Kier alpha value is -0.930. The summed E-state index contributed by atoms with van der Waals surface area (Å²) < 4.78 is 0. The van der Waals surface area contributed by atoms with Crippen molar-refractivity contribution >= 4 is 23.5 Å². The predicted octanol–water partition coefficient (Wildman–Crippen LogP) is 2.23. The zero-order valence-corrected chi connectivity index (χ0v) is 9.72. The van der Waals surface area contributed by atoms with Gasteiger partial charge < -0.3 is 10.3 Å². The summed E-state index contributed by atoms with van der Waals surface area (Å²) in [5.41, 5.74) is 2.57. The minimum Gasteiger partial charge on any atom is -0.361 e. The van der Waals surface area contributed by atoms with Crippen molar-refractivity contribution in [2.75, 3.05) is 12.8 Å². The summed E-state index contributed by atoms with van der Waals surface area (Å²) in [6.07, 6.45) is 3.11. The average molecular weight is 220 g/mol. The van der Waals surface area contributed by atoms with E-state index in [4.69, 9.17) is 0 Å². The van der Waals surface area contributed by atoms with Crippen LogP contribution in [0.1, 0.15) is 5.56 Å². The van der Waals surface area contributed by atoms with Crippen LogP contribution in [0.2, 0.25) is 0 Å². The van der Waals surface area contributed by atoms with Gasteiger partial charge in [-0.2, -0.15) is 12.6 Å². The van der Waals surface area contributed by atoms with Crippen molar-refractivity contribution in [2.24, 2.45) is 0 Å². The maximum absolute atomic E-state index is 4.33. The minimum absolute atomic E-state index is 0.438. The molecule has 2 nitrogen and oxygen atoms in total. The standard InChI is InChI=1S/C12H16N2S/c1-13-10(8-15)6-9-7-14-12-5-3-2-4-11(9)12/h2-5,7,10,13-15H,6,8H2,1H3/t10-/m1/s1. The highest BCUT2D eigenvalue weighted by Gasteiger charge is 2.08. The van der Waals surface area contributed by atoms with Crippen molar-refractivity contribution in [3.63, 3.8) is 0 Å². The van der Waals surface area contributed by atoms with Crippen LogP contribution in [0, 0.1) is 0 Å². The first-order valence-electron chi connectivity index (χ1n) is 5.18. The van der Waals surface area contributed by atoms with Crippen LogP contribution in [0.5, 0.6) is 0 Å². The van der Waals surface area contributed by atoms with Crippen molar-refractivity contribution in [2.45, 2.75) is 12.5 Å². The van der Waals surface area contributed by atoms with Crippen LogP contribution in [0.15, 0.2) is 30.5 Å². The SMILES string of the molecule is CN[C@@H](CS)Cc1c[nH]c2ccccc12. The highest BCUT2D eigenvalue weighted by Crippen LogP contribution is 2.19. The molecule has 0 fully saturated rings. The van der Waals surface area contributed by atoms with E-state index in [2.05, 4.69) is 53.4 Å². The lowest BCUT2D eigenvalue weighted by atomic mass is 10.1. The Morgan fingerprint density at radius 2 is 2.20 bits per heavy atom. The predicted molar refractivity (Wildman–Crippen MR) is 68.7 cm³/mol. The third-order valence-electron chi connectivity index (χ3n) is 2.77. The Bertz CT molecular complexity index is 432. The number of hydrogen-bond donors (Lipinski definition) is 3. The highest BCUT2D eigenvalue weighted by molar-refractivity contribution is 7.80. The summed E-state index contributed by atoms with van der Waals surface area (Å²) >= 11 is 4.33. The van der Waals surface area contributed by atoms with E-state index in [1.54, 1.807) is 0 Å². The Kier molecular flexibility index (Phi) is 3.34. The third-order valence-corrected chi connectivity index (χ3v) is 3.21. The van der Waals surface area contributed by atoms with Gasteiger partial charge in [-0.15, -0.1) is 0 Å². The number of fused-ring (bicyclic) bond motifs is 1. The summed E-state index contributed by atoms with van der Waals surface area (Å²) in [6.45, 7) is 0. The molecule has 0 spiro atoms. The normalized spacial score (nSPS) is 13.2. The van der Waals surface area contributed by atoms with Gasteiger partial charge in [-0.3, -0.25) is 0 Å². The number of para-hydroxylation sites is 1. The molecular weight excluding hydrogens is 204 g/mol. The van der Waals surface area contributed by atoms with Crippen LogP contribution in [0.3, 0.4) is 0 Å². The fraction of sp³-hybridized carbons (Fsp3) is 0.333. The number of aromatic amines is 1. The van der Waals surface area contributed by atoms with Gasteiger partial charge in [0, 0.05) is 28.9 Å². The van der Waals surface area contributed by atoms with Crippen LogP contribution < -0.4 is 5.32 Å². The number of benzene rings is 1. The average Bonchev–Trinajstić information content (AvgIpc) is 2.69. The zero-order valence-electron chi connectivity index (χ0n) is 8.83. The van der Waals surface area contributed by atoms with Crippen LogP contribution in [0.25, 0.3) is 10.9 Å². The first kappa shape index (κ1) is 10.6. The Balaban J connectivity index is 2.28. The molecule has 1 heterocycles. The zero-order chi connectivity index (χ0) is 10.7. The largest absolute Gasteiger partial charge is 0.361 e. The molecule has 2 aromatic rings. The van der Waals surface area contributed by atoms with Gasteiger partial charge in [0.25, 0.3) is 0 Å². The first-order chi connectivity index (χ1) is 7.35. The van der Waals surface area contributed by atoms with Gasteiger partial charge in [-0.25, -0.2) is 0 Å². The quantitative estimate of drug-likeness (QED) is 0.677. The molecular formula is C12H16N2S. The van der Waals surface area contributed by atoms with Crippen LogP contribution in [-0.4, -0.2) is 23.8 Å². The van der Waals surface area contributed by atoms with E-state index >= 15 is 0 Å². The lowest BCUT2D eigenvalue weighted by Crippen LogP contribution is -2.29. The van der Waals surface area contributed by atoms with Crippen LogP contribution >= 0.6 is 12.6 Å². The molecule has 1 aromatic heterocycles. The number of likely N-dealkylation sites (N-methyl/N-ethyl adjacent to an activating group) is 1. The Morgan fingerprint density at radius 1 is 1.40 bits per heavy atom. The molecule has 2 rings (SSSR count). The summed E-state index contributed by atoms with van der Waals surface area (Å²) in [5.74, 6) is 0.857. The highest BCUT2D eigenvalue weighted by atomic mass is 32.1. The lowest BCUT2D eigenvalue weighted by molar-refractivity contribution is 0.620. The van der Waals surface area contributed by atoms with Crippen molar-refractivity contribution in [3.05, 3.63) is 36.0 Å². The van der Waals surface area contributed by atoms with Gasteiger partial charge in [0.15, 0.2) is 0 Å². The summed E-state index contributed by atoms with van der Waals surface area (Å²) in [7, 11) is 1.98. The number of aromatic nitrogens is 1. The molecule has 0 unspecified atom stereocenters. The Labute approximate surface area is 95.5 Å². The number of rotatable bonds is 4. The number of H-pyrrole nitrogens is 1. The number of hydrogen-bond acceptors (Lipinski definition) is 2. The third kappa shape index (κ3) is 2.19. The van der Waals surface area contributed by atoms with E-state index in [1.165, 1.54) is 16.5 Å². The number of nitrogens with one attached hydrogen (secondary N) is 2. The topological polar surface area (TPSA) is 27.8 Å². The van der Waals surface area contributed by atoms with Gasteiger partial charge in [0.05, 0.1) is 0 Å². The fourth-order valence-electron chi connectivity index (χ4n) is 1.82. The van der Waals surface area contributed by atoms with Crippen molar-refractivity contribution < 1.29 is 0 Å². The van der Waals surface area contributed by atoms with Gasteiger partial charge in [0.2, 0.25) is 0 Å². The van der Waals surface area contributed by atoms with E-state index in [1.807, 2.05) is 7.05 Å². The van der Waals surface area contributed by atoms with E-state index in [0.717, 1.165) is 12.2 Å². The number of thiol groups is 1. The van der Waals surface area contributed by atoms with Gasteiger partial charge in [0.1, 0.15) is 0 Å². The smallest absolute Gasteiger partial charge is 0.0456 e. The van der Waals surface area contributed by atoms with Gasteiger partial charge >= 0.3 is 0 Å². The van der Waals surface area contributed by atoms with E-state index < -0.39 is 0 Å². The fourth-order valence-corrected chi connectivity index (χ4v) is 2.14. The van der Waals surface area contributed by atoms with Gasteiger partial charge in [-0.05, 0) is 25.1 Å². The van der Waals surface area contributed by atoms with Crippen molar-refractivity contribution in [3.8, 4) is 0 Å². The second kappa shape index (κ2) is 4.73. The summed E-state index contributed by atoms with van der Waals surface area (Å²) in [5, 5.41) is 4.58. The van der Waals surface area contributed by atoms with E-state index in [-0.39, 0.29) is 0 Å². The summed E-state index contributed by atoms with van der Waals surface area (Å²) in [6, 6.07) is 8.83. The molecule has 0 aliphatic rings. The van der Waals surface area contributed by atoms with Crippen molar-refractivity contribution in [1.29, 1.82) is 0 Å². The molecule has 0 bridgehead atoms. The second-order valence-corrected chi connectivity index (χ2v) is 4.10. The molecule has 2 N–H and O–H groups in total. The molecule has 1 atom stereocenters. The molecule has 1 aromatic carbocycles. The van der Waals surface area contributed by atoms with E-state index in [0.29, 0.717) is 6.04 Å². The maximum Gasteiger partial charge on any atom is 0.0456 e. The summed E-state index contributed by atoms with van der Waals surface area (Å²) in [4.78, 5) is 3.29. The molecule has 0 aliphatic carbocycles. The van der Waals surface area contributed by atoms with E-state index in [9.17, 15) is 0 Å². The molecule has 0 aliphatic heterocycles. The molecule has 0 saturated carbocycles.